The third-order valence-electron chi connectivity index (χ3n) is 4.28. The van der Waals surface area contributed by atoms with Gasteiger partial charge in [-0.2, -0.15) is 0 Å². The van der Waals surface area contributed by atoms with Crippen molar-refractivity contribution in [2.75, 3.05) is 51.2 Å². The van der Waals surface area contributed by atoms with Crippen LogP contribution in [0.5, 0.6) is 0 Å². The molecule has 0 aliphatic carbocycles. The fraction of sp³-hybridized carbons (Fsp3) is 0.588. The van der Waals surface area contributed by atoms with Gasteiger partial charge in [-0.05, 0) is 31.3 Å². The SMILES string of the molecule is CCN1CCN(c2ccc(CN(C)CCC(=O)O)cc2)CC1. The summed E-state index contributed by atoms with van der Waals surface area (Å²) in [6.07, 6.45) is 0.191. The number of piperazine rings is 1. The summed E-state index contributed by atoms with van der Waals surface area (Å²) in [6.45, 7) is 9.16. The molecular formula is C17H27N3O2. The molecule has 1 aliphatic heterocycles. The highest BCUT2D eigenvalue weighted by atomic mass is 16.4. The zero-order valence-corrected chi connectivity index (χ0v) is 13.7. The van der Waals surface area contributed by atoms with Gasteiger partial charge in [0.15, 0.2) is 0 Å². The number of carboxylic acid groups (broad SMARTS) is 1. The van der Waals surface area contributed by atoms with Gasteiger partial charge in [-0.15, -0.1) is 0 Å². The second-order valence-electron chi connectivity index (χ2n) is 5.97. The predicted octanol–water partition coefficient (Wildman–Crippen LogP) is 1.73. The van der Waals surface area contributed by atoms with Gasteiger partial charge in [-0.1, -0.05) is 19.1 Å². The van der Waals surface area contributed by atoms with Crippen LogP contribution in [0.25, 0.3) is 0 Å². The molecule has 0 spiro atoms. The van der Waals surface area contributed by atoms with Crippen LogP contribution in [0.2, 0.25) is 0 Å². The lowest BCUT2D eigenvalue weighted by molar-refractivity contribution is -0.137. The van der Waals surface area contributed by atoms with Crippen LogP contribution in [-0.4, -0.2) is 67.2 Å². The second kappa shape index (κ2) is 8.15. The molecule has 0 saturated carbocycles. The number of nitrogens with zero attached hydrogens (tertiary/aromatic N) is 3. The van der Waals surface area contributed by atoms with E-state index in [0.717, 1.165) is 39.3 Å². The van der Waals surface area contributed by atoms with Gasteiger partial charge in [0.05, 0.1) is 6.42 Å². The summed E-state index contributed by atoms with van der Waals surface area (Å²) in [7, 11) is 1.96. The van der Waals surface area contributed by atoms with E-state index >= 15 is 0 Å². The first-order chi connectivity index (χ1) is 10.6. The van der Waals surface area contributed by atoms with Gasteiger partial charge in [-0.3, -0.25) is 4.79 Å². The van der Waals surface area contributed by atoms with E-state index in [1.54, 1.807) is 0 Å². The van der Waals surface area contributed by atoms with Crippen LogP contribution >= 0.6 is 0 Å². The minimum atomic E-state index is -0.742. The molecule has 1 saturated heterocycles. The lowest BCUT2D eigenvalue weighted by Crippen LogP contribution is -2.46. The molecule has 1 aromatic carbocycles. The standard InChI is InChI=1S/C17H27N3O2/c1-3-19-10-12-20(13-11-19)16-6-4-15(5-7-16)14-18(2)9-8-17(21)22/h4-7H,3,8-14H2,1-2H3,(H,21,22). The quantitative estimate of drug-likeness (QED) is 0.831. The third-order valence-corrected chi connectivity index (χ3v) is 4.28. The summed E-state index contributed by atoms with van der Waals surface area (Å²) in [5.74, 6) is -0.742. The molecule has 0 unspecified atom stereocenters. The van der Waals surface area contributed by atoms with Gasteiger partial charge >= 0.3 is 5.97 Å². The Morgan fingerprint density at radius 3 is 2.36 bits per heavy atom. The maximum absolute atomic E-state index is 10.6. The average Bonchev–Trinajstić information content (AvgIpc) is 2.54. The summed E-state index contributed by atoms with van der Waals surface area (Å²) in [6, 6.07) is 8.67. The normalized spacial score (nSPS) is 16.2. The maximum atomic E-state index is 10.6. The van der Waals surface area contributed by atoms with Crippen molar-refractivity contribution in [2.45, 2.75) is 19.9 Å². The molecule has 1 N–H and O–H groups in total. The van der Waals surface area contributed by atoms with E-state index < -0.39 is 5.97 Å². The zero-order chi connectivity index (χ0) is 15.9. The lowest BCUT2D eigenvalue weighted by atomic mass is 10.1. The van der Waals surface area contributed by atoms with E-state index in [2.05, 4.69) is 41.0 Å². The highest BCUT2D eigenvalue weighted by Crippen LogP contribution is 2.18. The topological polar surface area (TPSA) is 47.0 Å². The van der Waals surface area contributed by atoms with Gasteiger partial charge in [0.1, 0.15) is 0 Å². The van der Waals surface area contributed by atoms with Gasteiger partial charge in [0.2, 0.25) is 0 Å². The van der Waals surface area contributed by atoms with Crippen LogP contribution < -0.4 is 4.90 Å². The van der Waals surface area contributed by atoms with Crippen LogP contribution in [0, 0.1) is 0 Å². The molecule has 122 valence electrons. The van der Waals surface area contributed by atoms with Crippen LogP contribution in [-0.2, 0) is 11.3 Å². The Hall–Kier alpha value is -1.59. The molecule has 0 bridgehead atoms. The number of hydrogen-bond acceptors (Lipinski definition) is 4. The van der Waals surface area contributed by atoms with Crippen molar-refractivity contribution in [1.82, 2.24) is 9.80 Å². The number of aliphatic carboxylic acids is 1. The van der Waals surface area contributed by atoms with E-state index in [1.807, 2.05) is 11.9 Å². The first-order valence-corrected chi connectivity index (χ1v) is 8.05. The fourth-order valence-electron chi connectivity index (χ4n) is 2.81. The number of rotatable bonds is 7. The summed E-state index contributed by atoms with van der Waals surface area (Å²) >= 11 is 0. The van der Waals surface area contributed by atoms with Crippen molar-refractivity contribution >= 4 is 11.7 Å². The molecule has 22 heavy (non-hydrogen) atoms. The van der Waals surface area contributed by atoms with E-state index in [-0.39, 0.29) is 6.42 Å². The average molecular weight is 305 g/mol. The monoisotopic (exact) mass is 305 g/mol. The molecule has 5 nitrogen and oxygen atoms in total. The van der Waals surface area contributed by atoms with Gasteiger partial charge < -0.3 is 19.8 Å². The molecule has 0 atom stereocenters. The van der Waals surface area contributed by atoms with Crippen molar-refractivity contribution in [3.05, 3.63) is 29.8 Å². The Kier molecular flexibility index (Phi) is 6.21. The Labute approximate surface area is 133 Å². The number of benzene rings is 1. The molecular weight excluding hydrogens is 278 g/mol. The van der Waals surface area contributed by atoms with Crippen LogP contribution in [0.15, 0.2) is 24.3 Å². The predicted molar refractivity (Wildman–Crippen MR) is 89.4 cm³/mol. The summed E-state index contributed by atoms with van der Waals surface area (Å²) < 4.78 is 0. The molecule has 1 aromatic rings. The summed E-state index contributed by atoms with van der Waals surface area (Å²) in [5.41, 5.74) is 2.51. The largest absolute Gasteiger partial charge is 0.481 e. The van der Waals surface area contributed by atoms with Gasteiger partial charge in [0.25, 0.3) is 0 Å². The van der Waals surface area contributed by atoms with E-state index in [4.69, 9.17) is 5.11 Å². The second-order valence-corrected chi connectivity index (χ2v) is 5.97. The number of carboxylic acids is 1. The highest BCUT2D eigenvalue weighted by molar-refractivity contribution is 5.66. The summed E-state index contributed by atoms with van der Waals surface area (Å²) in [4.78, 5) is 17.5. The van der Waals surface area contributed by atoms with Crippen molar-refractivity contribution in [3.63, 3.8) is 0 Å². The Morgan fingerprint density at radius 1 is 1.18 bits per heavy atom. The molecule has 0 amide bonds. The van der Waals surface area contributed by atoms with Gasteiger partial charge in [-0.25, -0.2) is 0 Å². The van der Waals surface area contributed by atoms with Crippen molar-refractivity contribution < 1.29 is 9.90 Å². The third kappa shape index (κ3) is 5.00. The lowest BCUT2D eigenvalue weighted by Gasteiger charge is -2.35. The first-order valence-electron chi connectivity index (χ1n) is 8.05. The van der Waals surface area contributed by atoms with Crippen LogP contribution in [0.1, 0.15) is 18.9 Å². The van der Waals surface area contributed by atoms with Crippen molar-refractivity contribution in [3.8, 4) is 0 Å². The van der Waals surface area contributed by atoms with Crippen molar-refractivity contribution in [2.24, 2.45) is 0 Å². The van der Waals surface area contributed by atoms with Crippen LogP contribution in [0.3, 0.4) is 0 Å². The van der Waals surface area contributed by atoms with Gasteiger partial charge in [0, 0.05) is 45.0 Å². The number of carbonyl (C=O) groups is 1. The minimum absolute atomic E-state index is 0.191. The van der Waals surface area contributed by atoms with Crippen LogP contribution in [0.4, 0.5) is 5.69 Å². The Morgan fingerprint density at radius 2 is 1.82 bits per heavy atom. The highest BCUT2D eigenvalue weighted by Gasteiger charge is 2.15. The Bertz CT molecular complexity index is 467. The fourth-order valence-corrected chi connectivity index (χ4v) is 2.81. The molecule has 1 fully saturated rings. The summed E-state index contributed by atoms with van der Waals surface area (Å²) in [5, 5.41) is 8.71. The number of hydrogen-bond donors (Lipinski definition) is 1. The zero-order valence-electron chi connectivity index (χ0n) is 13.7. The van der Waals surface area contributed by atoms with E-state index in [0.29, 0.717) is 6.54 Å². The van der Waals surface area contributed by atoms with Crippen molar-refractivity contribution in [1.29, 1.82) is 0 Å². The molecule has 0 aromatic heterocycles. The van der Waals surface area contributed by atoms with E-state index in [9.17, 15) is 4.79 Å². The number of likely N-dealkylation sites (N-methyl/N-ethyl adjacent to an activating group) is 1. The Balaban J connectivity index is 1.84. The molecule has 2 rings (SSSR count). The van der Waals surface area contributed by atoms with E-state index in [1.165, 1.54) is 11.3 Å². The maximum Gasteiger partial charge on any atom is 0.304 e. The smallest absolute Gasteiger partial charge is 0.304 e. The molecule has 5 heteroatoms. The number of anilines is 1. The first kappa shape index (κ1) is 16.8. The minimum Gasteiger partial charge on any atom is -0.481 e. The molecule has 1 aliphatic rings. The molecule has 1 heterocycles. The molecule has 0 radical (unpaired) electrons.